The van der Waals surface area contributed by atoms with Crippen molar-refractivity contribution < 1.29 is 4.79 Å². The minimum Gasteiger partial charge on any atom is -0.325 e. The molecule has 3 N–H and O–H groups in total. The van der Waals surface area contributed by atoms with Gasteiger partial charge >= 0.3 is 0 Å². The van der Waals surface area contributed by atoms with Gasteiger partial charge in [-0.1, -0.05) is 32.9 Å². The molecule has 0 aromatic heterocycles. The Labute approximate surface area is 116 Å². The van der Waals surface area contributed by atoms with E-state index in [1.807, 2.05) is 59.1 Å². The molecule has 0 aliphatic rings. The van der Waals surface area contributed by atoms with E-state index in [9.17, 15) is 4.79 Å². The van der Waals surface area contributed by atoms with E-state index in [2.05, 4.69) is 10.2 Å². The number of amides is 1. The Morgan fingerprint density at radius 3 is 2.21 bits per heavy atom. The second kappa shape index (κ2) is 6.17. The quantitative estimate of drug-likeness (QED) is 0.874. The van der Waals surface area contributed by atoms with Gasteiger partial charge in [-0.25, -0.2) is 0 Å². The zero-order chi connectivity index (χ0) is 14.6. The van der Waals surface area contributed by atoms with Crippen molar-refractivity contribution in [1.29, 1.82) is 0 Å². The molecule has 0 saturated heterocycles. The Morgan fingerprint density at radius 1 is 1.26 bits per heavy atom. The highest BCUT2D eigenvalue weighted by Crippen LogP contribution is 2.19. The number of nitrogens with two attached hydrogens (primary N) is 1. The molecule has 1 aromatic carbocycles. The van der Waals surface area contributed by atoms with Crippen molar-refractivity contribution in [2.75, 3.05) is 19.4 Å². The monoisotopic (exact) mass is 263 g/mol. The Balaban J connectivity index is 2.65. The SMILES string of the molecule is CN(C)Cc1ccc(NC(=O)[C@H](N)C(C)(C)C)cc1. The second-order valence-corrected chi connectivity index (χ2v) is 6.27. The third-order valence-corrected chi connectivity index (χ3v) is 2.94. The molecule has 0 fully saturated rings. The lowest BCUT2D eigenvalue weighted by atomic mass is 9.87. The first-order chi connectivity index (χ1) is 8.70. The summed E-state index contributed by atoms with van der Waals surface area (Å²) < 4.78 is 0. The van der Waals surface area contributed by atoms with Crippen molar-refractivity contribution >= 4 is 11.6 Å². The first kappa shape index (κ1) is 15.7. The van der Waals surface area contributed by atoms with Crippen molar-refractivity contribution in [1.82, 2.24) is 4.90 Å². The van der Waals surface area contributed by atoms with E-state index in [0.29, 0.717) is 0 Å². The zero-order valence-electron chi connectivity index (χ0n) is 12.5. The summed E-state index contributed by atoms with van der Waals surface area (Å²) >= 11 is 0. The van der Waals surface area contributed by atoms with Crippen LogP contribution in [0.1, 0.15) is 26.3 Å². The number of nitrogens with zero attached hydrogens (tertiary/aromatic N) is 1. The molecule has 0 heterocycles. The molecule has 4 heteroatoms. The number of carbonyl (C=O) groups excluding carboxylic acids is 1. The molecule has 0 aliphatic carbocycles. The van der Waals surface area contributed by atoms with Crippen LogP contribution in [-0.4, -0.2) is 30.9 Å². The van der Waals surface area contributed by atoms with Gasteiger partial charge < -0.3 is 16.0 Å². The predicted molar refractivity (Wildman–Crippen MR) is 79.9 cm³/mol. The van der Waals surface area contributed by atoms with Crippen LogP contribution < -0.4 is 11.1 Å². The largest absolute Gasteiger partial charge is 0.325 e. The molecule has 1 atom stereocenters. The predicted octanol–water partition coefficient (Wildman–Crippen LogP) is 2.06. The van der Waals surface area contributed by atoms with Crippen LogP contribution in [0.5, 0.6) is 0 Å². The lowest BCUT2D eigenvalue weighted by molar-refractivity contribution is -0.119. The van der Waals surface area contributed by atoms with Gasteiger partial charge in [0.15, 0.2) is 0 Å². The minimum atomic E-state index is -0.519. The normalized spacial score (nSPS) is 13.4. The average Bonchev–Trinajstić information content (AvgIpc) is 2.28. The smallest absolute Gasteiger partial charge is 0.241 e. The van der Waals surface area contributed by atoms with E-state index in [-0.39, 0.29) is 11.3 Å². The molecule has 0 aliphatic heterocycles. The molecule has 1 aromatic rings. The molecule has 0 spiro atoms. The van der Waals surface area contributed by atoms with Gasteiger partial charge in [-0.05, 0) is 37.2 Å². The van der Waals surface area contributed by atoms with Crippen molar-refractivity contribution in [3.63, 3.8) is 0 Å². The molecule has 1 amide bonds. The van der Waals surface area contributed by atoms with Crippen LogP contribution in [-0.2, 0) is 11.3 Å². The number of rotatable bonds is 4. The van der Waals surface area contributed by atoms with Crippen LogP contribution in [0.15, 0.2) is 24.3 Å². The fourth-order valence-corrected chi connectivity index (χ4v) is 1.67. The molecule has 1 rings (SSSR count). The van der Waals surface area contributed by atoms with Crippen molar-refractivity contribution in [2.45, 2.75) is 33.4 Å². The van der Waals surface area contributed by atoms with Crippen LogP contribution >= 0.6 is 0 Å². The van der Waals surface area contributed by atoms with Crippen molar-refractivity contribution in [2.24, 2.45) is 11.1 Å². The van der Waals surface area contributed by atoms with E-state index < -0.39 is 6.04 Å². The van der Waals surface area contributed by atoms with Crippen LogP contribution in [0, 0.1) is 5.41 Å². The number of hydrogen-bond donors (Lipinski definition) is 2. The number of benzene rings is 1. The fourth-order valence-electron chi connectivity index (χ4n) is 1.67. The number of nitrogens with one attached hydrogen (secondary N) is 1. The van der Waals surface area contributed by atoms with Gasteiger partial charge in [-0.3, -0.25) is 4.79 Å². The highest BCUT2D eigenvalue weighted by atomic mass is 16.2. The molecular formula is C15H25N3O. The fraction of sp³-hybridized carbons (Fsp3) is 0.533. The van der Waals surface area contributed by atoms with Crippen LogP contribution in [0.2, 0.25) is 0 Å². The van der Waals surface area contributed by atoms with Crippen LogP contribution in [0.25, 0.3) is 0 Å². The highest BCUT2D eigenvalue weighted by molar-refractivity contribution is 5.95. The van der Waals surface area contributed by atoms with E-state index >= 15 is 0 Å². The van der Waals surface area contributed by atoms with Gasteiger partial charge in [-0.15, -0.1) is 0 Å². The van der Waals surface area contributed by atoms with Crippen LogP contribution in [0.4, 0.5) is 5.69 Å². The Hall–Kier alpha value is -1.39. The highest BCUT2D eigenvalue weighted by Gasteiger charge is 2.27. The molecule has 0 saturated carbocycles. The molecular weight excluding hydrogens is 238 g/mol. The Bertz CT molecular complexity index is 418. The van der Waals surface area contributed by atoms with E-state index in [1.165, 1.54) is 5.56 Å². The van der Waals surface area contributed by atoms with E-state index in [1.54, 1.807) is 0 Å². The maximum absolute atomic E-state index is 12.0. The number of anilines is 1. The van der Waals surface area contributed by atoms with Gasteiger partial charge in [0.1, 0.15) is 0 Å². The van der Waals surface area contributed by atoms with E-state index in [0.717, 1.165) is 12.2 Å². The third kappa shape index (κ3) is 5.01. The topological polar surface area (TPSA) is 58.4 Å². The minimum absolute atomic E-state index is 0.146. The summed E-state index contributed by atoms with van der Waals surface area (Å²) in [5.41, 5.74) is 7.67. The Kier molecular flexibility index (Phi) is 5.09. The molecule has 19 heavy (non-hydrogen) atoms. The summed E-state index contributed by atoms with van der Waals surface area (Å²) in [6, 6.07) is 7.32. The molecule has 0 unspecified atom stereocenters. The number of hydrogen-bond acceptors (Lipinski definition) is 3. The lowest BCUT2D eigenvalue weighted by Crippen LogP contribution is -2.45. The first-order valence-corrected chi connectivity index (χ1v) is 6.50. The van der Waals surface area contributed by atoms with E-state index in [4.69, 9.17) is 5.73 Å². The number of carbonyl (C=O) groups is 1. The average molecular weight is 263 g/mol. The summed E-state index contributed by atoms with van der Waals surface area (Å²) in [4.78, 5) is 14.1. The first-order valence-electron chi connectivity index (χ1n) is 6.50. The standard InChI is InChI=1S/C15H25N3O/c1-15(2,3)13(16)14(19)17-12-8-6-11(7-9-12)10-18(4)5/h6-9,13H,10,16H2,1-5H3,(H,17,19)/t13-/m0/s1. The summed E-state index contributed by atoms with van der Waals surface area (Å²) in [5, 5.41) is 2.85. The molecule has 106 valence electrons. The molecule has 0 radical (unpaired) electrons. The zero-order valence-corrected chi connectivity index (χ0v) is 12.5. The van der Waals surface area contributed by atoms with Gasteiger partial charge in [0.25, 0.3) is 0 Å². The summed E-state index contributed by atoms with van der Waals surface area (Å²) in [6.45, 7) is 6.75. The van der Waals surface area contributed by atoms with Gasteiger partial charge in [-0.2, -0.15) is 0 Å². The van der Waals surface area contributed by atoms with Gasteiger partial charge in [0.05, 0.1) is 6.04 Å². The van der Waals surface area contributed by atoms with Crippen molar-refractivity contribution in [3.05, 3.63) is 29.8 Å². The summed E-state index contributed by atoms with van der Waals surface area (Å²) in [7, 11) is 4.05. The van der Waals surface area contributed by atoms with Crippen LogP contribution in [0.3, 0.4) is 0 Å². The van der Waals surface area contributed by atoms with Crippen molar-refractivity contribution in [3.8, 4) is 0 Å². The third-order valence-electron chi connectivity index (χ3n) is 2.94. The van der Waals surface area contributed by atoms with Gasteiger partial charge in [0, 0.05) is 12.2 Å². The maximum atomic E-state index is 12.0. The lowest BCUT2D eigenvalue weighted by Gasteiger charge is -2.25. The Morgan fingerprint density at radius 2 is 1.79 bits per heavy atom. The maximum Gasteiger partial charge on any atom is 0.241 e. The van der Waals surface area contributed by atoms with Gasteiger partial charge in [0.2, 0.25) is 5.91 Å². The summed E-state index contributed by atoms with van der Waals surface area (Å²) in [5.74, 6) is -0.146. The summed E-state index contributed by atoms with van der Waals surface area (Å²) in [6.07, 6.45) is 0. The molecule has 0 bridgehead atoms. The second-order valence-electron chi connectivity index (χ2n) is 6.27. The molecule has 4 nitrogen and oxygen atoms in total.